The van der Waals surface area contributed by atoms with Gasteiger partial charge in [-0.2, -0.15) is 0 Å². The lowest BCUT2D eigenvalue weighted by molar-refractivity contribution is 0.123. The summed E-state index contributed by atoms with van der Waals surface area (Å²) in [6.45, 7) is 5.48. The monoisotopic (exact) mass is 258 g/mol. The van der Waals surface area contributed by atoms with Crippen LogP contribution in [0.5, 0.6) is 5.75 Å². The lowest BCUT2D eigenvalue weighted by atomic mass is 10.1. The molecule has 100 valence electrons. The molecular formula is C15H18N2O2. The zero-order valence-corrected chi connectivity index (χ0v) is 11.3. The number of pyridine rings is 1. The number of methoxy groups -OCH3 is 1. The van der Waals surface area contributed by atoms with Crippen LogP contribution in [0.1, 0.15) is 5.69 Å². The first-order valence-electron chi connectivity index (χ1n) is 6.56. The van der Waals surface area contributed by atoms with Crippen LogP contribution >= 0.6 is 0 Å². The Morgan fingerprint density at radius 2 is 2.00 bits per heavy atom. The molecule has 0 bridgehead atoms. The first-order chi connectivity index (χ1) is 9.28. The van der Waals surface area contributed by atoms with Crippen LogP contribution < -0.4 is 9.64 Å². The molecule has 1 aliphatic heterocycles. The molecule has 4 heteroatoms. The van der Waals surface area contributed by atoms with Gasteiger partial charge in [0, 0.05) is 35.9 Å². The number of aromatic nitrogens is 1. The highest BCUT2D eigenvalue weighted by Crippen LogP contribution is 2.29. The van der Waals surface area contributed by atoms with Gasteiger partial charge in [0.1, 0.15) is 5.75 Å². The lowest BCUT2D eigenvalue weighted by Gasteiger charge is -2.30. The summed E-state index contributed by atoms with van der Waals surface area (Å²) in [6, 6.07) is 8.22. The Morgan fingerprint density at radius 3 is 2.74 bits per heavy atom. The summed E-state index contributed by atoms with van der Waals surface area (Å²) in [5, 5.41) is 1.17. The Labute approximate surface area is 113 Å². The minimum atomic E-state index is 0.791. The van der Waals surface area contributed by atoms with E-state index < -0.39 is 0 Å². The van der Waals surface area contributed by atoms with E-state index in [2.05, 4.69) is 22.0 Å². The Hall–Kier alpha value is -1.81. The highest BCUT2D eigenvalue weighted by molar-refractivity contribution is 5.92. The van der Waals surface area contributed by atoms with Crippen molar-refractivity contribution >= 4 is 16.6 Å². The van der Waals surface area contributed by atoms with Gasteiger partial charge < -0.3 is 14.4 Å². The van der Waals surface area contributed by atoms with Gasteiger partial charge in [-0.1, -0.05) is 0 Å². The van der Waals surface area contributed by atoms with Crippen LogP contribution in [0.4, 0.5) is 5.69 Å². The maximum Gasteiger partial charge on any atom is 0.121 e. The summed E-state index contributed by atoms with van der Waals surface area (Å²) in [4.78, 5) is 6.97. The van der Waals surface area contributed by atoms with E-state index in [-0.39, 0.29) is 0 Å². The molecule has 4 nitrogen and oxygen atoms in total. The number of aryl methyl sites for hydroxylation is 1. The van der Waals surface area contributed by atoms with Crippen molar-refractivity contribution < 1.29 is 9.47 Å². The van der Waals surface area contributed by atoms with Gasteiger partial charge in [0.15, 0.2) is 0 Å². The molecule has 1 saturated heterocycles. The zero-order valence-electron chi connectivity index (χ0n) is 11.3. The summed E-state index contributed by atoms with van der Waals surface area (Å²) in [5.74, 6) is 0.846. The molecule has 0 radical (unpaired) electrons. The molecule has 0 atom stereocenters. The fourth-order valence-electron chi connectivity index (χ4n) is 2.51. The fourth-order valence-corrected chi connectivity index (χ4v) is 2.51. The van der Waals surface area contributed by atoms with E-state index in [0.29, 0.717) is 0 Å². The SMILES string of the molecule is COc1ccc2c(N3CCOCC3)cc(C)nc2c1. The number of ether oxygens (including phenoxy) is 2. The second kappa shape index (κ2) is 5.05. The van der Waals surface area contributed by atoms with Gasteiger partial charge >= 0.3 is 0 Å². The third kappa shape index (κ3) is 2.36. The standard InChI is InChI=1S/C15H18N2O2/c1-11-9-15(17-5-7-19-8-6-17)13-4-3-12(18-2)10-14(13)16-11/h3-4,9-10H,5-8H2,1-2H3. The molecule has 0 aliphatic carbocycles. The third-order valence-corrected chi connectivity index (χ3v) is 3.48. The van der Waals surface area contributed by atoms with Crippen molar-refractivity contribution in [2.75, 3.05) is 38.3 Å². The molecule has 1 aromatic heterocycles. The summed E-state index contributed by atoms with van der Waals surface area (Å²) in [5.41, 5.74) is 3.26. The highest BCUT2D eigenvalue weighted by Gasteiger charge is 2.15. The van der Waals surface area contributed by atoms with E-state index in [1.807, 2.05) is 19.1 Å². The molecule has 0 saturated carbocycles. The van der Waals surface area contributed by atoms with Gasteiger partial charge in [-0.3, -0.25) is 4.98 Å². The molecule has 0 amide bonds. The number of rotatable bonds is 2. The van der Waals surface area contributed by atoms with E-state index in [4.69, 9.17) is 9.47 Å². The predicted molar refractivity (Wildman–Crippen MR) is 76.1 cm³/mol. The number of benzene rings is 1. The second-order valence-corrected chi connectivity index (χ2v) is 4.77. The van der Waals surface area contributed by atoms with Crippen LogP contribution in [-0.2, 0) is 4.74 Å². The number of anilines is 1. The van der Waals surface area contributed by atoms with E-state index in [9.17, 15) is 0 Å². The van der Waals surface area contributed by atoms with Gasteiger partial charge in [-0.15, -0.1) is 0 Å². The van der Waals surface area contributed by atoms with Gasteiger partial charge in [-0.05, 0) is 25.1 Å². The molecule has 1 aliphatic rings. The first-order valence-corrected chi connectivity index (χ1v) is 6.56. The van der Waals surface area contributed by atoms with Crippen LogP contribution in [0.2, 0.25) is 0 Å². The van der Waals surface area contributed by atoms with Crippen LogP contribution in [-0.4, -0.2) is 38.4 Å². The van der Waals surface area contributed by atoms with E-state index in [0.717, 1.165) is 43.3 Å². The van der Waals surface area contributed by atoms with Crippen LogP contribution in [0, 0.1) is 6.92 Å². The van der Waals surface area contributed by atoms with Gasteiger partial charge in [0.2, 0.25) is 0 Å². The van der Waals surface area contributed by atoms with E-state index >= 15 is 0 Å². The van der Waals surface area contributed by atoms with Gasteiger partial charge in [-0.25, -0.2) is 0 Å². The predicted octanol–water partition coefficient (Wildman–Crippen LogP) is 2.39. The Bertz CT molecular complexity index is 592. The number of hydrogen-bond acceptors (Lipinski definition) is 4. The van der Waals surface area contributed by atoms with Crippen molar-refractivity contribution in [1.29, 1.82) is 0 Å². The average Bonchev–Trinajstić information content (AvgIpc) is 2.46. The first kappa shape index (κ1) is 12.2. The maximum absolute atomic E-state index is 5.42. The fraction of sp³-hybridized carbons (Fsp3) is 0.400. The van der Waals surface area contributed by atoms with Crippen molar-refractivity contribution in [3.63, 3.8) is 0 Å². The lowest BCUT2D eigenvalue weighted by Crippen LogP contribution is -2.36. The molecule has 3 rings (SSSR count). The Kier molecular flexibility index (Phi) is 3.25. The van der Waals surface area contributed by atoms with E-state index in [1.165, 1.54) is 11.1 Å². The van der Waals surface area contributed by atoms with Crippen LogP contribution in [0.3, 0.4) is 0 Å². The van der Waals surface area contributed by atoms with E-state index in [1.54, 1.807) is 7.11 Å². The molecular weight excluding hydrogens is 240 g/mol. The van der Waals surface area contributed by atoms with Crippen molar-refractivity contribution in [3.05, 3.63) is 30.0 Å². The minimum Gasteiger partial charge on any atom is -0.497 e. The van der Waals surface area contributed by atoms with Crippen LogP contribution in [0.25, 0.3) is 10.9 Å². The zero-order chi connectivity index (χ0) is 13.2. The highest BCUT2D eigenvalue weighted by atomic mass is 16.5. The number of fused-ring (bicyclic) bond motifs is 1. The Balaban J connectivity index is 2.11. The van der Waals surface area contributed by atoms with Crippen molar-refractivity contribution in [1.82, 2.24) is 4.98 Å². The summed E-state index contributed by atoms with van der Waals surface area (Å²) >= 11 is 0. The normalized spacial score (nSPS) is 15.8. The summed E-state index contributed by atoms with van der Waals surface area (Å²) < 4.78 is 10.7. The molecule has 1 aromatic carbocycles. The number of hydrogen-bond donors (Lipinski definition) is 0. The second-order valence-electron chi connectivity index (χ2n) is 4.77. The smallest absolute Gasteiger partial charge is 0.121 e. The largest absolute Gasteiger partial charge is 0.497 e. The quantitative estimate of drug-likeness (QED) is 0.828. The molecule has 19 heavy (non-hydrogen) atoms. The minimum absolute atomic E-state index is 0.791. The van der Waals surface area contributed by atoms with Crippen LogP contribution in [0.15, 0.2) is 24.3 Å². The summed E-state index contributed by atoms with van der Waals surface area (Å²) in [7, 11) is 1.68. The number of nitrogens with zero attached hydrogens (tertiary/aromatic N) is 2. The number of morpholine rings is 1. The van der Waals surface area contributed by atoms with Gasteiger partial charge in [0.05, 0.1) is 25.8 Å². The van der Waals surface area contributed by atoms with Gasteiger partial charge in [0.25, 0.3) is 0 Å². The van der Waals surface area contributed by atoms with Crippen molar-refractivity contribution in [2.45, 2.75) is 6.92 Å². The van der Waals surface area contributed by atoms with Crippen molar-refractivity contribution in [3.8, 4) is 5.75 Å². The maximum atomic E-state index is 5.42. The molecule has 2 heterocycles. The molecule has 0 spiro atoms. The molecule has 2 aromatic rings. The molecule has 0 unspecified atom stereocenters. The Morgan fingerprint density at radius 1 is 1.21 bits per heavy atom. The average molecular weight is 258 g/mol. The molecule has 0 N–H and O–H groups in total. The summed E-state index contributed by atoms with van der Waals surface area (Å²) in [6.07, 6.45) is 0. The molecule has 1 fully saturated rings. The van der Waals surface area contributed by atoms with Crippen molar-refractivity contribution in [2.24, 2.45) is 0 Å². The topological polar surface area (TPSA) is 34.6 Å². The third-order valence-electron chi connectivity index (χ3n) is 3.48.